The molecule has 1 N–H and O–H groups in total. The number of ether oxygens (including phenoxy) is 1. The summed E-state index contributed by atoms with van der Waals surface area (Å²) in [6, 6.07) is 11.1. The molecule has 0 fully saturated rings. The Morgan fingerprint density at radius 2 is 1.80 bits per heavy atom. The minimum atomic E-state index is -0.506. The van der Waals surface area contributed by atoms with Crippen LogP contribution in [0.15, 0.2) is 36.4 Å². The lowest BCUT2D eigenvalue weighted by Crippen LogP contribution is -2.28. The summed E-state index contributed by atoms with van der Waals surface area (Å²) in [4.78, 5) is 29.0. The number of methoxy groups -OCH3 is 1. The highest BCUT2D eigenvalue weighted by Crippen LogP contribution is 2.43. The largest absolute Gasteiger partial charge is 0.508 e. The fraction of sp³-hybridized carbons (Fsp3) is 0.304. The van der Waals surface area contributed by atoms with Crippen molar-refractivity contribution in [3.8, 4) is 5.75 Å². The topological polar surface area (TPSA) is 70.1 Å². The first-order valence-corrected chi connectivity index (χ1v) is 10.4. The molecule has 0 atom stereocenters. The van der Waals surface area contributed by atoms with Crippen molar-refractivity contribution in [2.45, 2.75) is 26.9 Å². The number of phenols is 1. The quantitative estimate of drug-likeness (QED) is 0.595. The number of carbonyl (C=O) groups excluding carboxylic acids is 2. The highest BCUT2D eigenvalue weighted by atomic mass is 32.1. The molecule has 30 heavy (non-hydrogen) atoms. The van der Waals surface area contributed by atoms with Crippen LogP contribution in [0.5, 0.6) is 5.75 Å². The van der Waals surface area contributed by atoms with Crippen LogP contribution in [-0.4, -0.2) is 43.1 Å². The standard InChI is InChI=1S/C23H26N2O4S/c1-14-8-6-7-9-16(14)12-25(15(2)26)22-20(23(28)29-5)17-10-11-19(27)18(13-24(3)4)21(17)30-22/h6-11,27H,12-13H2,1-5H3. The number of phenolic OH excluding ortho intramolecular Hbond substituents is 1. The van der Waals surface area contributed by atoms with E-state index in [1.54, 1.807) is 17.0 Å². The van der Waals surface area contributed by atoms with Crippen molar-refractivity contribution in [1.29, 1.82) is 0 Å². The van der Waals surface area contributed by atoms with Gasteiger partial charge in [-0.25, -0.2) is 4.79 Å². The van der Waals surface area contributed by atoms with Gasteiger partial charge < -0.3 is 14.7 Å². The van der Waals surface area contributed by atoms with E-state index in [0.29, 0.717) is 29.0 Å². The van der Waals surface area contributed by atoms with Gasteiger partial charge in [-0.2, -0.15) is 0 Å². The van der Waals surface area contributed by atoms with Gasteiger partial charge >= 0.3 is 5.97 Å². The Labute approximate surface area is 180 Å². The van der Waals surface area contributed by atoms with Crippen LogP contribution in [0.4, 0.5) is 5.00 Å². The first-order chi connectivity index (χ1) is 14.2. The molecule has 0 saturated heterocycles. The zero-order valence-corrected chi connectivity index (χ0v) is 18.7. The van der Waals surface area contributed by atoms with Crippen LogP contribution in [0.3, 0.4) is 0 Å². The molecule has 0 bridgehead atoms. The number of hydrogen-bond acceptors (Lipinski definition) is 6. The Morgan fingerprint density at radius 3 is 2.40 bits per heavy atom. The molecular formula is C23H26N2O4S. The van der Waals surface area contributed by atoms with Gasteiger partial charge in [-0.05, 0) is 44.3 Å². The van der Waals surface area contributed by atoms with Gasteiger partial charge in [0.2, 0.25) is 5.91 Å². The molecule has 0 saturated carbocycles. The van der Waals surface area contributed by atoms with Crippen LogP contribution in [0.1, 0.15) is 34.0 Å². The third kappa shape index (κ3) is 4.17. The van der Waals surface area contributed by atoms with Gasteiger partial charge in [0, 0.05) is 29.1 Å². The van der Waals surface area contributed by atoms with E-state index in [-0.39, 0.29) is 11.7 Å². The molecular weight excluding hydrogens is 400 g/mol. The molecule has 1 heterocycles. The highest BCUT2D eigenvalue weighted by Gasteiger charge is 2.28. The summed E-state index contributed by atoms with van der Waals surface area (Å²) in [7, 11) is 5.15. The van der Waals surface area contributed by atoms with Crippen LogP contribution in [0.2, 0.25) is 0 Å². The summed E-state index contributed by atoms with van der Waals surface area (Å²) in [5.74, 6) is -0.518. The molecule has 3 rings (SSSR count). The summed E-state index contributed by atoms with van der Waals surface area (Å²) >= 11 is 1.33. The van der Waals surface area contributed by atoms with Crippen molar-refractivity contribution in [2.24, 2.45) is 0 Å². The van der Waals surface area contributed by atoms with Gasteiger partial charge in [0.15, 0.2) is 0 Å². The van der Waals surface area contributed by atoms with E-state index < -0.39 is 5.97 Å². The minimum absolute atomic E-state index is 0.161. The van der Waals surface area contributed by atoms with E-state index >= 15 is 0 Å². The molecule has 0 aliphatic heterocycles. The molecule has 7 heteroatoms. The van der Waals surface area contributed by atoms with Crippen molar-refractivity contribution >= 4 is 38.3 Å². The molecule has 0 unspecified atom stereocenters. The lowest BCUT2D eigenvalue weighted by Gasteiger charge is -2.21. The SMILES string of the molecule is COC(=O)c1c(N(Cc2ccccc2C)C(C)=O)sc2c(CN(C)C)c(O)ccc12. The summed E-state index contributed by atoms with van der Waals surface area (Å²) in [6.07, 6.45) is 0. The lowest BCUT2D eigenvalue weighted by atomic mass is 10.1. The van der Waals surface area contributed by atoms with Crippen LogP contribution in [-0.2, 0) is 22.6 Å². The number of rotatable bonds is 6. The van der Waals surface area contributed by atoms with Crippen LogP contribution in [0.25, 0.3) is 10.1 Å². The van der Waals surface area contributed by atoms with Gasteiger partial charge in [0.25, 0.3) is 0 Å². The number of amides is 1. The number of nitrogens with zero attached hydrogens (tertiary/aromatic N) is 2. The van der Waals surface area contributed by atoms with Gasteiger partial charge in [-0.1, -0.05) is 24.3 Å². The molecule has 1 amide bonds. The smallest absolute Gasteiger partial charge is 0.341 e. The third-order valence-corrected chi connectivity index (χ3v) is 6.28. The Hall–Kier alpha value is -2.90. The number of fused-ring (bicyclic) bond motifs is 1. The second-order valence-corrected chi connectivity index (χ2v) is 8.48. The maximum Gasteiger partial charge on any atom is 0.341 e. The maximum atomic E-state index is 12.7. The molecule has 0 aliphatic rings. The number of benzene rings is 2. The number of anilines is 1. The minimum Gasteiger partial charge on any atom is -0.508 e. The predicted octanol–water partition coefficient (Wildman–Crippen LogP) is 4.32. The van der Waals surface area contributed by atoms with Crippen molar-refractivity contribution in [3.63, 3.8) is 0 Å². The fourth-order valence-electron chi connectivity index (χ4n) is 3.44. The fourth-order valence-corrected chi connectivity index (χ4v) is 4.80. The van der Waals surface area contributed by atoms with Crippen LogP contribution >= 0.6 is 11.3 Å². The van der Waals surface area contributed by atoms with Crippen LogP contribution in [0, 0.1) is 6.92 Å². The highest BCUT2D eigenvalue weighted by molar-refractivity contribution is 7.23. The van der Waals surface area contributed by atoms with Crippen LogP contribution < -0.4 is 4.90 Å². The zero-order chi connectivity index (χ0) is 22.0. The van der Waals surface area contributed by atoms with E-state index in [1.807, 2.05) is 50.2 Å². The first kappa shape index (κ1) is 21.8. The van der Waals surface area contributed by atoms with E-state index in [0.717, 1.165) is 21.4 Å². The normalized spacial score (nSPS) is 11.1. The Kier molecular flexibility index (Phi) is 6.43. The number of thiophene rings is 1. The number of aromatic hydroxyl groups is 1. The van der Waals surface area contributed by atoms with Crippen molar-refractivity contribution < 1.29 is 19.4 Å². The van der Waals surface area contributed by atoms with Crippen molar-refractivity contribution in [1.82, 2.24) is 4.90 Å². The van der Waals surface area contributed by atoms with Gasteiger partial charge in [-0.3, -0.25) is 9.69 Å². The summed E-state index contributed by atoms with van der Waals surface area (Å²) in [5, 5.41) is 11.7. The Morgan fingerprint density at radius 1 is 1.10 bits per heavy atom. The molecule has 0 spiro atoms. The molecule has 0 aliphatic carbocycles. The zero-order valence-electron chi connectivity index (χ0n) is 17.9. The molecule has 0 radical (unpaired) electrons. The average Bonchev–Trinajstić information content (AvgIpc) is 3.07. The summed E-state index contributed by atoms with van der Waals surface area (Å²) in [5.41, 5.74) is 3.13. The number of carbonyl (C=O) groups is 2. The average molecular weight is 427 g/mol. The summed E-state index contributed by atoms with van der Waals surface area (Å²) in [6.45, 7) is 4.32. The second kappa shape index (κ2) is 8.85. The number of hydrogen-bond donors (Lipinski definition) is 1. The number of aryl methyl sites for hydroxylation is 1. The summed E-state index contributed by atoms with van der Waals surface area (Å²) < 4.78 is 5.83. The van der Waals surface area contributed by atoms with Gasteiger partial charge in [0.1, 0.15) is 16.3 Å². The monoisotopic (exact) mass is 426 g/mol. The maximum absolute atomic E-state index is 12.7. The Balaban J connectivity index is 2.25. The molecule has 158 valence electrons. The van der Waals surface area contributed by atoms with Crippen molar-refractivity contribution in [3.05, 3.63) is 58.7 Å². The van der Waals surface area contributed by atoms with Crippen molar-refractivity contribution in [2.75, 3.05) is 26.1 Å². The third-order valence-electron chi connectivity index (χ3n) is 5.00. The first-order valence-electron chi connectivity index (χ1n) is 9.57. The van der Waals surface area contributed by atoms with Gasteiger partial charge in [0.05, 0.1) is 13.7 Å². The second-order valence-electron chi connectivity index (χ2n) is 7.48. The van der Waals surface area contributed by atoms with E-state index in [4.69, 9.17) is 4.74 Å². The lowest BCUT2D eigenvalue weighted by molar-refractivity contribution is -0.116. The Bertz CT molecular complexity index is 1100. The van der Waals surface area contributed by atoms with E-state index in [9.17, 15) is 14.7 Å². The molecule has 3 aromatic rings. The molecule has 6 nitrogen and oxygen atoms in total. The molecule has 2 aromatic carbocycles. The molecule has 1 aromatic heterocycles. The number of esters is 1. The van der Waals surface area contributed by atoms with Gasteiger partial charge in [-0.15, -0.1) is 11.3 Å². The van der Waals surface area contributed by atoms with E-state index in [2.05, 4.69) is 0 Å². The van der Waals surface area contributed by atoms with E-state index in [1.165, 1.54) is 25.4 Å². The predicted molar refractivity (Wildman–Crippen MR) is 120 cm³/mol.